The number of hydrogen-bond acceptors (Lipinski definition) is 5. The number of benzene rings is 2. The summed E-state index contributed by atoms with van der Waals surface area (Å²) in [6.45, 7) is 2.12. The van der Waals surface area contributed by atoms with Crippen LogP contribution in [0.4, 0.5) is 5.69 Å². The number of carbonyl (C=O) groups excluding carboxylic acids is 1. The Bertz CT molecular complexity index is 909. The fourth-order valence-corrected chi connectivity index (χ4v) is 3.61. The van der Waals surface area contributed by atoms with Gasteiger partial charge in [0.1, 0.15) is 11.5 Å². The van der Waals surface area contributed by atoms with Gasteiger partial charge in [-0.2, -0.15) is 0 Å². The first kappa shape index (κ1) is 21.7. The first-order valence-corrected chi connectivity index (χ1v) is 10.3. The lowest BCUT2D eigenvalue weighted by atomic mass is 10.2. The third-order valence-corrected chi connectivity index (χ3v) is 6.06. The van der Waals surface area contributed by atoms with E-state index < -0.39 is 10.0 Å². The molecule has 0 aliphatic carbocycles. The van der Waals surface area contributed by atoms with E-state index in [4.69, 9.17) is 9.47 Å². The van der Waals surface area contributed by atoms with Crippen LogP contribution >= 0.6 is 0 Å². The van der Waals surface area contributed by atoms with Crippen LogP contribution in [-0.2, 0) is 14.8 Å². The molecule has 0 atom stereocenters. The van der Waals surface area contributed by atoms with E-state index in [-0.39, 0.29) is 17.2 Å². The average molecular weight is 407 g/mol. The van der Waals surface area contributed by atoms with Crippen LogP contribution in [-0.4, -0.2) is 46.4 Å². The molecule has 152 valence electrons. The van der Waals surface area contributed by atoms with Gasteiger partial charge < -0.3 is 14.8 Å². The zero-order valence-corrected chi connectivity index (χ0v) is 17.4. The minimum Gasteiger partial charge on any atom is -0.497 e. The summed E-state index contributed by atoms with van der Waals surface area (Å²) in [5.41, 5.74) is 1.08. The third kappa shape index (κ3) is 5.71. The molecule has 0 aliphatic heterocycles. The summed E-state index contributed by atoms with van der Waals surface area (Å²) in [5, 5.41) is 2.74. The summed E-state index contributed by atoms with van der Waals surface area (Å²) in [6.07, 6.45) is 0.798. The maximum absolute atomic E-state index is 12.4. The summed E-state index contributed by atoms with van der Waals surface area (Å²) in [5.74, 6) is 1.26. The van der Waals surface area contributed by atoms with Gasteiger partial charge in [-0.25, -0.2) is 12.7 Å². The van der Waals surface area contributed by atoms with Gasteiger partial charge in [-0.1, -0.05) is 6.07 Å². The molecule has 0 saturated heterocycles. The molecule has 1 N–H and O–H groups in total. The van der Waals surface area contributed by atoms with E-state index in [0.717, 1.165) is 10.1 Å². The van der Waals surface area contributed by atoms with Crippen LogP contribution in [0.25, 0.3) is 0 Å². The Morgan fingerprint density at radius 3 is 2.32 bits per heavy atom. The molecule has 0 aliphatic rings. The minimum absolute atomic E-state index is 0.179. The van der Waals surface area contributed by atoms with Gasteiger partial charge in [-0.05, 0) is 55.3 Å². The molecule has 8 heteroatoms. The Morgan fingerprint density at radius 1 is 1.07 bits per heavy atom. The summed E-state index contributed by atoms with van der Waals surface area (Å²) < 4.78 is 36.6. The molecule has 0 heterocycles. The number of rotatable bonds is 9. The number of sulfonamides is 1. The van der Waals surface area contributed by atoms with Crippen LogP contribution in [0.1, 0.15) is 18.4 Å². The van der Waals surface area contributed by atoms with Crippen molar-refractivity contribution in [1.29, 1.82) is 0 Å². The second-order valence-corrected chi connectivity index (χ2v) is 8.56. The maximum Gasteiger partial charge on any atom is 0.242 e. The maximum atomic E-state index is 12.4. The van der Waals surface area contributed by atoms with Gasteiger partial charge in [0, 0.05) is 26.2 Å². The van der Waals surface area contributed by atoms with Crippen LogP contribution in [0, 0.1) is 6.92 Å². The van der Waals surface area contributed by atoms with Crippen molar-refractivity contribution < 1.29 is 22.7 Å². The Morgan fingerprint density at radius 2 is 1.71 bits per heavy atom. The van der Waals surface area contributed by atoms with Gasteiger partial charge >= 0.3 is 0 Å². The second kappa shape index (κ2) is 9.57. The predicted octanol–water partition coefficient (Wildman–Crippen LogP) is 3.05. The first-order valence-electron chi connectivity index (χ1n) is 8.84. The van der Waals surface area contributed by atoms with Crippen LogP contribution < -0.4 is 14.8 Å². The fraction of sp³-hybridized carbons (Fsp3) is 0.350. The van der Waals surface area contributed by atoms with Gasteiger partial charge in [0.15, 0.2) is 0 Å². The molecule has 0 aromatic heterocycles. The van der Waals surface area contributed by atoms with Crippen molar-refractivity contribution in [1.82, 2.24) is 4.31 Å². The fourth-order valence-electron chi connectivity index (χ4n) is 2.47. The van der Waals surface area contributed by atoms with Gasteiger partial charge in [0.05, 0.1) is 18.6 Å². The summed E-state index contributed by atoms with van der Waals surface area (Å²) in [6, 6.07) is 12.1. The molecule has 7 nitrogen and oxygen atoms in total. The normalized spacial score (nSPS) is 11.3. The zero-order chi connectivity index (χ0) is 20.7. The molecule has 1 amide bonds. The van der Waals surface area contributed by atoms with Crippen LogP contribution in [0.3, 0.4) is 0 Å². The van der Waals surface area contributed by atoms with Crippen molar-refractivity contribution in [3.05, 3.63) is 48.0 Å². The van der Waals surface area contributed by atoms with Crippen molar-refractivity contribution in [2.75, 3.05) is 33.1 Å². The lowest BCUT2D eigenvalue weighted by Gasteiger charge is -2.15. The summed E-state index contributed by atoms with van der Waals surface area (Å²) in [4.78, 5) is 12.3. The molecule has 2 aromatic carbocycles. The molecule has 2 rings (SSSR count). The number of ether oxygens (including phenoxy) is 2. The molecule has 0 saturated carbocycles. The van der Waals surface area contributed by atoms with Crippen molar-refractivity contribution in [3.63, 3.8) is 0 Å². The monoisotopic (exact) mass is 406 g/mol. The molecular weight excluding hydrogens is 380 g/mol. The van der Waals surface area contributed by atoms with E-state index in [2.05, 4.69) is 5.32 Å². The standard InChI is InChI=1S/C20H26N2O5S/c1-15-7-8-16(14-19(15)28(24,25)22(2)3)21-20(23)6-5-13-27-18-11-9-17(26-4)10-12-18/h7-12,14H,5-6,13H2,1-4H3,(H,21,23). The highest BCUT2D eigenvalue weighted by Crippen LogP contribution is 2.22. The molecule has 0 unspecified atom stereocenters. The van der Waals surface area contributed by atoms with Gasteiger partial charge in [-0.3, -0.25) is 4.79 Å². The van der Waals surface area contributed by atoms with E-state index in [1.54, 1.807) is 50.4 Å². The predicted molar refractivity (Wildman–Crippen MR) is 108 cm³/mol. The van der Waals surface area contributed by atoms with Crippen molar-refractivity contribution in [2.45, 2.75) is 24.7 Å². The lowest BCUT2D eigenvalue weighted by Crippen LogP contribution is -2.23. The van der Waals surface area contributed by atoms with Gasteiger partial charge in [0.25, 0.3) is 0 Å². The smallest absolute Gasteiger partial charge is 0.242 e. The highest BCUT2D eigenvalue weighted by molar-refractivity contribution is 7.89. The number of aryl methyl sites for hydroxylation is 1. The second-order valence-electron chi connectivity index (χ2n) is 6.44. The molecule has 2 aromatic rings. The van der Waals surface area contributed by atoms with Crippen LogP contribution in [0.2, 0.25) is 0 Å². The van der Waals surface area contributed by atoms with E-state index in [1.807, 2.05) is 0 Å². The van der Waals surface area contributed by atoms with Gasteiger partial charge in [0.2, 0.25) is 15.9 Å². The molecule has 0 fully saturated rings. The zero-order valence-electron chi connectivity index (χ0n) is 16.6. The number of carbonyl (C=O) groups is 1. The largest absolute Gasteiger partial charge is 0.497 e. The number of anilines is 1. The Balaban J connectivity index is 1.87. The number of hydrogen-bond donors (Lipinski definition) is 1. The van der Waals surface area contributed by atoms with E-state index in [1.165, 1.54) is 20.2 Å². The molecular formula is C20H26N2O5S. The number of amides is 1. The van der Waals surface area contributed by atoms with Crippen molar-refractivity contribution >= 4 is 21.6 Å². The summed E-state index contributed by atoms with van der Waals surface area (Å²) in [7, 11) is 0.979. The van der Waals surface area contributed by atoms with Crippen molar-refractivity contribution in [3.8, 4) is 11.5 Å². The SMILES string of the molecule is COc1ccc(OCCCC(=O)Nc2ccc(C)c(S(=O)(=O)N(C)C)c2)cc1. The Hall–Kier alpha value is -2.58. The molecule has 0 bridgehead atoms. The first-order chi connectivity index (χ1) is 13.2. The van der Waals surface area contributed by atoms with E-state index in [0.29, 0.717) is 30.0 Å². The Kier molecular flexibility index (Phi) is 7.42. The average Bonchev–Trinajstić information content (AvgIpc) is 2.67. The van der Waals surface area contributed by atoms with Crippen LogP contribution in [0.15, 0.2) is 47.4 Å². The quantitative estimate of drug-likeness (QED) is 0.647. The van der Waals surface area contributed by atoms with Gasteiger partial charge in [-0.15, -0.1) is 0 Å². The number of nitrogens with one attached hydrogen (secondary N) is 1. The van der Waals surface area contributed by atoms with Crippen molar-refractivity contribution in [2.24, 2.45) is 0 Å². The topological polar surface area (TPSA) is 84.9 Å². The van der Waals surface area contributed by atoms with E-state index >= 15 is 0 Å². The van der Waals surface area contributed by atoms with E-state index in [9.17, 15) is 13.2 Å². The number of nitrogens with zero attached hydrogens (tertiary/aromatic N) is 1. The molecule has 0 spiro atoms. The van der Waals surface area contributed by atoms with Crippen LogP contribution in [0.5, 0.6) is 11.5 Å². The highest BCUT2D eigenvalue weighted by Gasteiger charge is 2.20. The minimum atomic E-state index is -3.57. The lowest BCUT2D eigenvalue weighted by molar-refractivity contribution is -0.116. The summed E-state index contributed by atoms with van der Waals surface area (Å²) >= 11 is 0. The molecule has 0 radical (unpaired) electrons. The third-order valence-electron chi connectivity index (χ3n) is 4.11. The molecule has 28 heavy (non-hydrogen) atoms. The number of methoxy groups -OCH3 is 1. The Labute approximate surface area is 166 Å². The highest BCUT2D eigenvalue weighted by atomic mass is 32.2.